The fourth-order valence-electron chi connectivity index (χ4n) is 3.40. The average Bonchev–Trinajstić information content (AvgIpc) is 3.17. The normalized spacial score (nSPS) is 24.3. The van der Waals surface area contributed by atoms with Crippen molar-refractivity contribution in [3.63, 3.8) is 0 Å². The second kappa shape index (κ2) is 8.06. The number of hydrogen-bond acceptors (Lipinski definition) is 9. The topological polar surface area (TPSA) is 151 Å². The number of aliphatic hydroxyl groups is 3. The molecule has 0 spiro atoms. The van der Waals surface area contributed by atoms with Crippen molar-refractivity contribution in [1.29, 1.82) is 0 Å². The van der Waals surface area contributed by atoms with Gasteiger partial charge in [0.25, 0.3) is 0 Å². The highest BCUT2D eigenvalue weighted by Gasteiger charge is 2.41. The summed E-state index contributed by atoms with van der Waals surface area (Å²) in [4.78, 5) is 12.2. The number of aliphatic hydroxyl groups excluding tert-OH is 3. The van der Waals surface area contributed by atoms with E-state index in [4.69, 9.17) is 21.8 Å². The number of pyridine rings is 1. The minimum atomic E-state index is -1.08. The quantitative estimate of drug-likeness (QED) is 0.389. The molecule has 4 atom stereocenters. The molecule has 3 aromatic heterocycles. The van der Waals surface area contributed by atoms with E-state index in [1.165, 1.54) is 0 Å². The zero-order valence-electron chi connectivity index (χ0n) is 14.5. The average molecular weight is 428 g/mol. The molecule has 1 aliphatic carbocycles. The van der Waals surface area contributed by atoms with Crippen molar-refractivity contribution in [3.05, 3.63) is 29.7 Å². The summed E-state index contributed by atoms with van der Waals surface area (Å²) in [7, 11) is 0. The zero-order valence-corrected chi connectivity index (χ0v) is 16.1. The molecule has 4 rings (SSSR count). The molecule has 3 aromatic rings. The maximum Gasteiger partial charge on any atom is 0.223 e. The minimum Gasteiger partial charge on any atom is -0.454 e. The van der Waals surface area contributed by atoms with Crippen molar-refractivity contribution in [2.75, 3.05) is 17.7 Å². The van der Waals surface area contributed by atoms with E-state index >= 15 is 0 Å². The van der Waals surface area contributed by atoms with Gasteiger partial charge in [0.15, 0.2) is 5.58 Å². The van der Waals surface area contributed by atoms with Crippen LogP contribution >= 0.6 is 24.0 Å². The van der Waals surface area contributed by atoms with E-state index in [1.54, 1.807) is 24.5 Å². The van der Waals surface area contributed by atoms with Crippen LogP contribution < -0.4 is 11.1 Å². The fourth-order valence-corrected chi connectivity index (χ4v) is 3.67. The second-order valence-corrected chi connectivity index (χ2v) is 6.89. The number of nitrogens with two attached hydrogens (primary N) is 1. The number of anilines is 2. The number of furan rings is 1. The van der Waals surface area contributed by atoms with Gasteiger partial charge in [-0.3, -0.25) is 4.98 Å². The van der Waals surface area contributed by atoms with Gasteiger partial charge in [0.1, 0.15) is 22.8 Å². The van der Waals surface area contributed by atoms with Gasteiger partial charge in [-0.15, -0.1) is 12.4 Å². The van der Waals surface area contributed by atoms with Crippen LogP contribution in [0, 0.1) is 5.92 Å². The van der Waals surface area contributed by atoms with Crippen molar-refractivity contribution in [3.8, 4) is 11.3 Å². The first-order valence-corrected chi connectivity index (χ1v) is 8.76. The molecule has 150 valence electrons. The first-order valence-electron chi connectivity index (χ1n) is 8.38. The first-order chi connectivity index (χ1) is 13.0. The van der Waals surface area contributed by atoms with Crippen molar-refractivity contribution in [2.24, 2.45) is 5.92 Å². The van der Waals surface area contributed by atoms with Gasteiger partial charge in [-0.05, 0) is 18.6 Å². The Morgan fingerprint density at radius 3 is 2.75 bits per heavy atom. The largest absolute Gasteiger partial charge is 0.454 e. The highest BCUT2D eigenvalue weighted by Crippen LogP contribution is 2.38. The molecule has 3 heterocycles. The molecule has 1 saturated carbocycles. The molecule has 1 aliphatic rings. The Labute approximate surface area is 171 Å². The number of aromatic nitrogens is 3. The van der Waals surface area contributed by atoms with Crippen LogP contribution in [0.3, 0.4) is 0 Å². The van der Waals surface area contributed by atoms with Gasteiger partial charge < -0.3 is 30.8 Å². The number of hydrogen-bond donors (Lipinski definition) is 5. The third kappa shape index (κ3) is 3.59. The van der Waals surface area contributed by atoms with Crippen LogP contribution in [0.1, 0.15) is 6.42 Å². The predicted octanol–water partition coefficient (Wildman–Crippen LogP) is 1.46. The van der Waals surface area contributed by atoms with E-state index in [1.807, 2.05) is 0 Å². The Bertz CT molecular complexity index is 952. The second-order valence-electron chi connectivity index (χ2n) is 6.53. The van der Waals surface area contributed by atoms with E-state index in [0.717, 1.165) is 5.39 Å². The summed E-state index contributed by atoms with van der Waals surface area (Å²) in [5.41, 5.74) is 6.69. The van der Waals surface area contributed by atoms with Gasteiger partial charge in [0.2, 0.25) is 5.95 Å². The van der Waals surface area contributed by atoms with E-state index in [2.05, 4.69) is 20.3 Å². The summed E-state index contributed by atoms with van der Waals surface area (Å²) in [5.74, 6) is 0.204. The molecule has 9 nitrogen and oxygen atoms in total. The Balaban J connectivity index is 0.00000225. The van der Waals surface area contributed by atoms with E-state index in [9.17, 15) is 15.3 Å². The van der Waals surface area contributed by atoms with Crippen LogP contribution in [0.25, 0.3) is 22.3 Å². The molecule has 1 fully saturated rings. The van der Waals surface area contributed by atoms with Crippen LogP contribution in [-0.2, 0) is 0 Å². The molecule has 0 aromatic carbocycles. The Morgan fingerprint density at radius 2 is 2.07 bits per heavy atom. The zero-order chi connectivity index (χ0) is 19.1. The number of nitrogens with zero attached hydrogens (tertiary/aromatic N) is 3. The number of nitrogens with one attached hydrogen (secondary N) is 1. The highest BCUT2D eigenvalue weighted by molar-refractivity contribution is 6.32. The minimum absolute atomic E-state index is 0. The van der Waals surface area contributed by atoms with Crippen LogP contribution in [0.4, 0.5) is 11.8 Å². The number of rotatable bonds is 4. The van der Waals surface area contributed by atoms with Gasteiger partial charge in [0.05, 0.1) is 23.9 Å². The lowest BCUT2D eigenvalue weighted by atomic mass is 10.1. The van der Waals surface area contributed by atoms with Crippen LogP contribution in [0.2, 0.25) is 5.15 Å². The third-order valence-electron chi connectivity index (χ3n) is 4.81. The fraction of sp³-hybridized carbons (Fsp3) is 0.353. The molecule has 11 heteroatoms. The maximum atomic E-state index is 10.3. The SMILES string of the molecule is Cl.Nc1nc(Cl)c(-c2cc3ccncc3o2)c(N[C@@H]2C[C@H](CO)[C@@H](O)[C@H]2O)n1. The lowest BCUT2D eigenvalue weighted by molar-refractivity contribution is 0.00446. The standard InChI is InChI=1S/C17H18ClN5O4.ClH/c18-15-12(10-4-7-1-2-20-5-11(7)27-10)16(23-17(19)22-15)21-9-3-8(6-24)13(25)14(9)26;/h1-2,4-5,8-9,13-14,24-26H,3,6H2,(H3,19,21,22,23);1H/t8-,9-,13-,14+;/m1./s1. The van der Waals surface area contributed by atoms with E-state index in [0.29, 0.717) is 23.3 Å². The molecule has 0 unspecified atom stereocenters. The first kappa shape index (κ1) is 20.6. The van der Waals surface area contributed by atoms with Crippen molar-refractivity contribution < 1.29 is 19.7 Å². The van der Waals surface area contributed by atoms with Gasteiger partial charge in [-0.1, -0.05) is 11.6 Å². The highest BCUT2D eigenvalue weighted by atomic mass is 35.5. The lowest BCUT2D eigenvalue weighted by Crippen LogP contribution is -2.35. The lowest BCUT2D eigenvalue weighted by Gasteiger charge is -2.20. The van der Waals surface area contributed by atoms with Gasteiger partial charge >= 0.3 is 0 Å². The van der Waals surface area contributed by atoms with Crippen molar-refractivity contribution >= 4 is 46.7 Å². The van der Waals surface area contributed by atoms with Crippen LogP contribution in [-0.4, -0.2) is 55.1 Å². The van der Waals surface area contributed by atoms with E-state index < -0.39 is 24.2 Å². The Morgan fingerprint density at radius 1 is 1.29 bits per heavy atom. The third-order valence-corrected chi connectivity index (χ3v) is 5.08. The van der Waals surface area contributed by atoms with Crippen molar-refractivity contribution in [1.82, 2.24) is 15.0 Å². The Hall–Kier alpha value is -2.17. The molecule has 0 amide bonds. The predicted molar refractivity (Wildman–Crippen MR) is 106 cm³/mol. The van der Waals surface area contributed by atoms with E-state index in [-0.39, 0.29) is 35.9 Å². The molecule has 0 aliphatic heterocycles. The number of halogens is 2. The summed E-state index contributed by atoms with van der Waals surface area (Å²) in [6, 6.07) is 3.02. The van der Waals surface area contributed by atoms with Gasteiger partial charge in [0, 0.05) is 24.1 Å². The smallest absolute Gasteiger partial charge is 0.223 e. The van der Waals surface area contributed by atoms with Gasteiger partial charge in [-0.2, -0.15) is 4.98 Å². The Kier molecular flexibility index (Phi) is 5.92. The monoisotopic (exact) mass is 427 g/mol. The molecular weight excluding hydrogens is 409 g/mol. The molecular formula is C17H19Cl2N5O4. The van der Waals surface area contributed by atoms with Gasteiger partial charge in [-0.25, -0.2) is 4.98 Å². The summed E-state index contributed by atoms with van der Waals surface area (Å²) >= 11 is 6.30. The summed E-state index contributed by atoms with van der Waals surface area (Å²) in [6.45, 7) is -0.230. The van der Waals surface area contributed by atoms with Crippen molar-refractivity contribution in [2.45, 2.75) is 24.7 Å². The summed E-state index contributed by atoms with van der Waals surface area (Å²) in [6.07, 6.45) is 1.46. The molecule has 0 radical (unpaired) electrons. The number of fused-ring (bicyclic) bond motifs is 1. The molecule has 6 N–H and O–H groups in total. The van der Waals surface area contributed by atoms with Crippen LogP contribution in [0.15, 0.2) is 28.9 Å². The summed E-state index contributed by atoms with van der Waals surface area (Å²) < 4.78 is 5.81. The van der Waals surface area contributed by atoms with Crippen LogP contribution in [0.5, 0.6) is 0 Å². The molecule has 0 saturated heterocycles. The molecule has 28 heavy (non-hydrogen) atoms. The molecule has 0 bridgehead atoms. The number of nitrogen functional groups attached to an aromatic ring is 1. The summed E-state index contributed by atoms with van der Waals surface area (Å²) in [5, 5.41) is 33.6. The maximum absolute atomic E-state index is 10.3.